The molecular formula is C19H24N2O4S2. The van der Waals surface area contributed by atoms with E-state index in [-0.39, 0.29) is 17.8 Å². The van der Waals surface area contributed by atoms with E-state index < -0.39 is 0 Å². The number of fused-ring (bicyclic) bond motifs is 3. The van der Waals surface area contributed by atoms with Crippen molar-refractivity contribution < 1.29 is 14.2 Å². The summed E-state index contributed by atoms with van der Waals surface area (Å²) < 4.78 is 18.6. The number of aryl methyl sites for hydroxylation is 2. The minimum absolute atomic E-state index is 0.116. The lowest BCUT2D eigenvalue weighted by Crippen LogP contribution is -2.30. The number of ether oxygens (including phenoxy) is 3. The molecule has 146 valence electrons. The van der Waals surface area contributed by atoms with E-state index in [0.29, 0.717) is 13.3 Å². The first-order chi connectivity index (χ1) is 13.3. The molecule has 0 unspecified atom stereocenters. The third kappa shape index (κ3) is 3.58. The summed E-state index contributed by atoms with van der Waals surface area (Å²) in [5, 5.41) is 1.66. The zero-order valence-corrected chi connectivity index (χ0v) is 16.9. The van der Waals surface area contributed by atoms with Gasteiger partial charge in [-0.15, -0.1) is 11.3 Å². The first kappa shape index (κ1) is 18.1. The fraction of sp³-hybridized carbons (Fsp3) is 0.684. The van der Waals surface area contributed by atoms with Crippen LogP contribution in [-0.2, 0) is 33.6 Å². The maximum absolute atomic E-state index is 13.4. The molecule has 0 spiro atoms. The Balaban J connectivity index is 1.49. The molecule has 0 saturated carbocycles. The average molecular weight is 409 g/mol. The van der Waals surface area contributed by atoms with Crippen LogP contribution >= 0.6 is 23.1 Å². The van der Waals surface area contributed by atoms with Crippen molar-refractivity contribution in [2.75, 3.05) is 25.8 Å². The van der Waals surface area contributed by atoms with Gasteiger partial charge in [-0.2, -0.15) is 0 Å². The molecule has 0 radical (unpaired) electrons. The number of nitrogens with zero attached hydrogens (tertiary/aromatic N) is 2. The molecule has 0 amide bonds. The molecule has 5 rings (SSSR count). The van der Waals surface area contributed by atoms with Crippen LogP contribution in [0.4, 0.5) is 0 Å². The van der Waals surface area contributed by atoms with E-state index in [9.17, 15) is 4.79 Å². The van der Waals surface area contributed by atoms with Gasteiger partial charge in [0.1, 0.15) is 11.6 Å². The molecule has 2 aromatic rings. The van der Waals surface area contributed by atoms with E-state index in [1.807, 2.05) is 4.57 Å². The van der Waals surface area contributed by atoms with Gasteiger partial charge in [0.25, 0.3) is 5.56 Å². The lowest BCUT2D eigenvalue weighted by Gasteiger charge is -2.23. The molecular weight excluding hydrogens is 384 g/mol. The molecule has 2 saturated heterocycles. The van der Waals surface area contributed by atoms with Crippen LogP contribution in [-0.4, -0.2) is 47.5 Å². The topological polar surface area (TPSA) is 62.6 Å². The van der Waals surface area contributed by atoms with Crippen LogP contribution in [0.3, 0.4) is 0 Å². The lowest BCUT2D eigenvalue weighted by atomic mass is 10.2. The highest BCUT2D eigenvalue weighted by Gasteiger charge is 2.26. The van der Waals surface area contributed by atoms with Gasteiger partial charge in [-0.3, -0.25) is 9.36 Å². The van der Waals surface area contributed by atoms with Gasteiger partial charge in [0, 0.05) is 17.2 Å². The molecule has 2 aliphatic heterocycles. The average Bonchev–Trinajstić information content (AvgIpc) is 3.40. The summed E-state index contributed by atoms with van der Waals surface area (Å²) in [4.78, 5) is 20.6. The molecule has 27 heavy (non-hydrogen) atoms. The maximum atomic E-state index is 13.4. The smallest absolute Gasteiger partial charge is 0.263 e. The van der Waals surface area contributed by atoms with E-state index in [2.05, 4.69) is 0 Å². The summed E-state index contributed by atoms with van der Waals surface area (Å²) >= 11 is 3.34. The van der Waals surface area contributed by atoms with Crippen molar-refractivity contribution in [3.63, 3.8) is 0 Å². The molecule has 6 nitrogen and oxygen atoms in total. The van der Waals surface area contributed by atoms with Crippen molar-refractivity contribution in [2.45, 2.75) is 62.4 Å². The Bertz CT molecular complexity index is 882. The second-order valence-corrected chi connectivity index (χ2v) is 9.47. The summed E-state index contributed by atoms with van der Waals surface area (Å²) in [6.07, 6.45) is 6.49. The van der Waals surface area contributed by atoms with Crippen molar-refractivity contribution in [3.8, 4) is 0 Å². The predicted molar refractivity (Wildman–Crippen MR) is 106 cm³/mol. The molecule has 3 aliphatic rings. The van der Waals surface area contributed by atoms with E-state index in [1.165, 1.54) is 10.4 Å². The second kappa shape index (κ2) is 7.83. The van der Waals surface area contributed by atoms with Gasteiger partial charge in [-0.25, -0.2) is 4.98 Å². The minimum atomic E-state index is 0.116. The lowest BCUT2D eigenvalue weighted by molar-refractivity contribution is -0.130. The van der Waals surface area contributed by atoms with Crippen molar-refractivity contribution >= 4 is 33.3 Å². The summed E-state index contributed by atoms with van der Waals surface area (Å²) in [6.45, 7) is 2.49. The number of thiophene rings is 1. The Morgan fingerprint density at radius 3 is 2.93 bits per heavy atom. The number of hydrogen-bond acceptors (Lipinski definition) is 7. The summed E-state index contributed by atoms with van der Waals surface area (Å²) in [5.41, 5.74) is 1.36. The van der Waals surface area contributed by atoms with Gasteiger partial charge in [-0.1, -0.05) is 11.8 Å². The molecule has 2 aromatic heterocycles. The fourth-order valence-corrected chi connectivity index (χ4v) is 6.50. The van der Waals surface area contributed by atoms with Crippen LogP contribution in [0.15, 0.2) is 9.95 Å². The highest BCUT2D eigenvalue weighted by molar-refractivity contribution is 7.99. The van der Waals surface area contributed by atoms with Crippen LogP contribution in [0, 0.1) is 0 Å². The Morgan fingerprint density at radius 1 is 1.15 bits per heavy atom. The molecule has 2 fully saturated rings. The van der Waals surface area contributed by atoms with Gasteiger partial charge in [0.15, 0.2) is 5.16 Å². The summed E-state index contributed by atoms with van der Waals surface area (Å²) in [7, 11) is 0. The van der Waals surface area contributed by atoms with Crippen LogP contribution in [0.1, 0.15) is 36.1 Å². The Morgan fingerprint density at radius 2 is 2.11 bits per heavy atom. The molecule has 0 N–H and O–H groups in total. The minimum Gasteiger partial charge on any atom is -0.376 e. The molecule has 2 atom stereocenters. The molecule has 4 heterocycles. The molecule has 0 bridgehead atoms. The van der Waals surface area contributed by atoms with E-state index in [1.54, 1.807) is 23.1 Å². The van der Waals surface area contributed by atoms with E-state index in [0.717, 1.165) is 72.9 Å². The SMILES string of the molecule is O=c1c2c3c(sc2nc(SC[C@@H]2CCOCO2)n1C[C@H]1CCCO1)CCC3. The Labute approximate surface area is 166 Å². The largest absolute Gasteiger partial charge is 0.376 e. The third-order valence-corrected chi connectivity index (χ3v) is 7.86. The normalized spacial score (nSPS) is 25.3. The van der Waals surface area contributed by atoms with Crippen molar-refractivity contribution in [1.29, 1.82) is 0 Å². The molecule has 0 aromatic carbocycles. The van der Waals surface area contributed by atoms with Crippen molar-refractivity contribution in [3.05, 3.63) is 20.8 Å². The summed E-state index contributed by atoms with van der Waals surface area (Å²) in [6, 6.07) is 0. The second-order valence-electron chi connectivity index (χ2n) is 7.40. The summed E-state index contributed by atoms with van der Waals surface area (Å²) in [5.74, 6) is 0.790. The molecule has 8 heteroatoms. The van der Waals surface area contributed by atoms with Crippen LogP contribution in [0.5, 0.6) is 0 Å². The zero-order valence-electron chi connectivity index (χ0n) is 15.3. The number of thioether (sulfide) groups is 1. The van der Waals surface area contributed by atoms with E-state index >= 15 is 0 Å². The zero-order chi connectivity index (χ0) is 18.2. The number of aromatic nitrogens is 2. The first-order valence-corrected chi connectivity index (χ1v) is 11.6. The van der Waals surface area contributed by atoms with Crippen molar-refractivity contribution in [2.24, 2.45) is 0 Å². The maximum Gasteiger partial charge on any atom is 0.263 e. The van der Waals surface area contributed by atoms with Crippen LogP contribution < -0.4 is 5.56 Å². The van der Waals surface area contributed by atoms with E-state index in [4.69, 9.17) is 19.2 Å². The number of hydrogen-bond donors (Lipinski definition) is 0. The van der Waals surface area contributed by atoms with Crippen LogP contribution in [0.25, 0.3) is 10.2 Å². The quantitative estimate of drug-likeness (QED) is 0.560. The first-order valence-electron chi connectivity index (χ1n) is 9.78. The number of rotatable bonds is 5. The molecule has 1 aliphatic carbocycles. The van der Waals surface area contributed by atoms with Gasteiger partial charge >= 0.3 is 0 Å². The van der Waals surface area contributed by atoms with Gasteiger partial charge in [-0.05, 0) is 44.1 Å². The standard InChI is InChI=1S/C19H24N2O4S2/c22-18-16-14-4-1-5-15(14)27-17(16)20-19(21(18)9-12-3-2-7-24-12)26-10-13-6-8-23-11-25-13/h12-13H,1-11H2/t12-,13+/m1/s1. The fourth-order valence-electron chi connectivity index (χ4n) is 4.12. The van der Waals surface area contributed by atoms with Gasteiger partial charge in [0.2, 0.25) is 0 Å². The third-order valence-electron chi connectivity index (χ3n) is 5.57. The monoisotopic (exact) mass is 408 g/mol. The highest BCUT2D eigenvalue weighted by atomic mass is 32.2. The van der Waals surface area contributed by atoms with Gasteiger partial charge in [0.05, 0.1) is 30.7 Å². The van der Waals surface area contributed by atoms with Crippen molar-refractivity contribution in [1.82, 2.24) is 9.55 Å². The Kier molecular flexibility index (Phi) is 5.26. The Hall–Kier alpha value is -0.930. The highest BCUT2D eigenvalue weighted by Crippen LogP contribution is 2.36. The van der Waals surface area contributed by atoms with Crippen LogP contribution in [0.2, 0.25) is 0 Å². The predicted octanol–water partition coefficient (Wildman–Crippen LogP) is 2.98. The van der Waals surface area contributed by atoms with Gasteiger partial charge < -0.3 is 14.2 Å².